The Morgan fingerprint density at radius 3 is 3.09 bits per heavy atom. The number of benzene rings is 1. The van der Waals surface area contributed by atoms with Crippen molar-refractivity contribution in [1.82, 2.24) is 4.98 Å². The maximum atomic E-state index is 10.8. The fraction of sp³-hybridized carbons (Fsp3) is 0.286. The molecule has 1 atom stereocenters. The lowest BCUT2D eigenvalue weighted by molar-refractivity contribution is -0.384. The number of ether oxygens (including phenoxy) is 1. The molecule has 1 saturated heterocycles. The maximum Gasteiger partial charge on any atom is 0.270 e. The summed E-state index contributed by atoms with van der Waals surface area (Å²) < 4.78 is 5.72. The molecule has 1 fully saturated rings. The number of hydrogen-bond acceptors (Lipinski definition) is 7. The highest BCUT2D eigenvalue weighted by Gasteiger charge is 2.26. The molecule has 1 aliphatic heterocycles. The van der Waals surface area contributed by atoms with E-state index in [4.69, 9.17) is 4.74 Å². The Morgan fingerprint density at radius 1 is 1.55 bits per heavy atom. The number of aromatic nitrogens is 1. The minimum atomic E-state index is -0.498. The number of morpholine rings is 1. The van der Waals surface area contributed by atoms with Gasteiger partial charge >= 0.3 is 0 Å². The minimum absolute atomic E-state index is 0.0787. The van der Waals surface area contributed by atoms with E-state index in [1.165, 1.54) is 23.5 Å². The zero-order valence-electron chi connectivity index (χ0n) is 11.5. The van der Waals surface area contributed by atoms with Crippen molar-refractivity contribution in [1.29, 1.82) is 5.26 Å². The van der Waals surface area contributed by atoms with Crippen LogP contribution in [0.4, 0.5) is 11.4 Å². The van der Waals surface area contributed by atoms with E-state index in [1.807, 2.05) is 16.3 Å². The molecule has 1 unspecified atom stereocenters. The number of non-ortho nitro benzene ring substituents is 1. The second-order valence-electron chi connectivity index (χ2n) is 4.75. The molecular weight excluding hydrogens is 304 g/mol. The van der Waals surface area contributed by atoms with E-state index < -0.39 is 4.92 Å². The minimum Gasteiger partial charge on any atom is -0.367 e. The van der Waals surface area contributed by atoms with Gasteiger partial charge in [0.1, 0.15) is 17.2 Å². The van der Waals surface area contributed by atoms with Crippen LogP contribution in [-0.2, 0) is 4.74 Å². The smallest absolute Gasteiger partial charge is 0.270 e. The van der Waals surface area contributed by atoms with Crippen LogP contribution in [0, 0.1) is 21.4 Å². The van der Waals surface area contributed by atoms with Crippen LogP contribution in [0.2, 0.25) is 0 Å². The molecule has 3 rings (SSSR count). The first-order valence-electron chi connectivity index (χ1n) is 6.63. The molecule has 22 heavy (non-hydrogen) atoms. The predicted octanol–water partition coefficient (Wildman–Crippen LogP) is 2.50. The molecule has 1 aliphatic rings. The Labute approximate surface area is 130 Å². The monoisotopic (exact) mass is 316 g/mol. The third-order valence-electron chi connectivity index (χ3n) is 3.45. The van der Waals surface area contributed by atoms with Crippen molar-refractivity contribution in [3.63, 3.8) is 0 Å². The van der Waals surface area contributed by atoms with Gasteiger partial charge in [0.05, 0.1) is 29.3 Å². The van der Waals surface area contributed by atoms with Gasteiger partial charge in [0.15, 0.2) is 0 Å². The Bertz CT molecular complexity index is 726. The standard InChI is InChI=1S/C14H12N4O3S/c15-8-10-7-11(18(19)20)1-2-12(10)17-4-5-21-13(9-17)14-16-3-6-22-14/h1-3,6-7,13H,4-5,9H2. The quantitative estimate of drug-likeness (QED) is 0.638. The molecule has 0 spiro atoms. The zero-order chi connectivity index (χ0) is 15.5. The van der Waals surface area contributed by atoms with Crippen LogP contribution in [-0.4, -0.2) is 29.6 Å². The molecular formula is C14H12N4O3S. The number of nitro benzene ring substituents is 1. The number of nitriles is 1. The van der Waals surface area contributed by atoms with Crippen LogP contribution in [0.3, 0.4) is 0 Å². The van der Waals surface area contributed by atoms with Crippen molar-refractivity contribution < 1.29 is 9.66 Å². The number of nitrogens with zero attached hydrogens (tertiary/aromatic N) is 4. The summed E-state index contributed by atoms with van der Waals surface area (Å²) in [6.07, 6.45) is 1.59. The number of rotatable bonds is 3. The van der Waals surface area contributed by atoms with Gasteiger partial charge in [0, 0.05) is 30.3 Å². The van der Waals surface area contributed by atoms with Gasteiger partial charge in [0.2, 0.25) is 0 Å². The van der Waals surface area contributed by atoms with E-state index in [-0.39, 0.29) is 11.8 Å². The summed E-state index contributed by atoms with van der Waals surface area (Å²) in [7, 11) is 0. The summed E-state index contributed by atoms with van der Waals surface area (Å²) in [6, 6.07) is 6.39. The number of thiazole rings is 1. The van der Waals surface area contributed by atoms with Gasteiger partial charge in [0.25, 0.3) is 5.69 Å². The van der Waals surface area contributed by atoms with Gasteiger partial charge in [-0.2, -0.15) is 5.26 Å². The fourth-order valence-electron chi connectivity index (χ4n) is 2.41. The van der Waals surface area contributed by atoms with Crippen LogP contribution in [0.15, 0.2) is 29.8 Å². The van der Waals surface area contributed by atoms with Gasteiger partial charge < -0.3 is 9.64 Å². The molecule has 0 bridgehead atoms. The van der Waals surface area contributed by atoms with E-state index in [0.29, 0.717) is 30.9 Å². The van der Waals surface area contributed by atoms with Crippen molar-refractivity contribution in [2.45, 2.75) is 6.10 Å². The Kier molecular flexibility index (Phi) is 4.00. The van der Waals surface area contributed by atoms with Gasteiger partial charge in [-0.25, -0.2) is 4.98 Å². The Hall–Kier alpha value is -2.50. The van der Waals surface area contributed by atoms with Crippen LogP contribution in [0.5, 0.6) is 0 Å². The molecule has 8 heteroatoms. The van der Waals surface area contributed by atoms with Crippen molar-refractivity contribution in [3.05, 3.63) is 50.5 Å². The second-order valence-corrected chi connectivity index (χ2v) is 5.67. The molecule has 0 radical (unpaired) electrons. The molecule has 0 aliphatic carbocycles. The molecule has 7 nitrogen and oxygen atoms in total. The van der Waals surface area contributed by atoms with E-state index in [9.17, 15) is 15.4 Å². The third-order valence-corrected chi connectivity index (χ3v) is 4.31. The summed E-state index contributed by atoms with van der Waals surface area (Å²) in [5.41, 5.74) is 0.914. The zero-order valence-corrected chi connectivity index (χ0v) is 12.3. The molecule has 112 valence electrons. The molecule has 1 aromatic heterocycles. The van der Waals surface area contributed by atoms with E-state index in [0.717, 1.165) is 5.01 Å². The van der Waals surface area contributed by atoms with E-state index in [1.54, 1.807) is 12.3 Å². The highest BCUT2D eigenvalue weighted by Crippen LogP contribution is 2.30. The van der Waals surface area contributed by atoms with E-state index in [2.05, 4.69) is 4.98 Å². The van der Waals surface area contributed by atoms with Gasteiger partial charge in [-0.15, -0.1) is 11.3 Å². The van der Waals surface area contributed by atoms with Crippen molar-refractivity contribution >= 4 is 22.7 Å². The average molecular weight is 316 g/mol. The average Bonchev–Trinajstić information content (AvgIpc) is 3.09. The highest BCUT2D eigenvalue weighted by atomic mass is 32.1. The molecule has 0 saturated carbocycles. The van der Waals surface area contributed by atoms with Crippen molar-refractivity contribution in [2.24, 2.45) is 0 Å². The molecule has 0 amide bonds. The van der Waals surface area contributed by atoms with Crippen LogP contribution < -0.4 is 4.90 Å². The first-order chi connectivity index (χ1) is 10.7. The first-order valence-corrected chi connectivity index (χ1v) is 7.51. The molecule has 2 aromatic rings. The Morgan fingerprint density at radius 2 is 2.41 bits per heavy atom. The summed E-state index contributed by atoms with van der Waals surface area (Å²) in [5, 5.41) is 22.9. The van der Waals surface area contributed by atoms with Gasteiger partial charge in [-0.1, -0.05) is 0 Å². The summed E-state index contributed by atoms with van der Waals surface area (Å²) >= 11 is 1.53. The van der Waals surface area contributed by atoms with Crippen molar-refractivity contribution in [2.75, 3.05) is 24.6 Å². The maximum absolute atomic E-state index is 10.8. The van der Waals surface area contributed by atoms with Crippen LogP contribution in [0.1, 0.15) is 16.7 Å². The molecule has 1 aromatic carbocycles. The largest absolute Gasteiger partial charge is 0.367 e. The normalized spacial score (nSPS) is 18.0. The number of nitro groups is 1. The Balaban J connectivity index is 1.87. The van der Waals surface area contributed by atoms with Gasteiger partial charge in [-0.05, 0) is 6.07 Å². The second kappa shape index (κ2) is 6.09. The lowest BCUT2D eigenvalue weighted by Crippen LogP contribution is -2.38. The number of anilines is 1. The van der Waals surface area contributed by atoms with Crippen molar-refractivity contribution in [3.8, 4) is 6.07 Å². The summed E-state index contributed by atoms with van der Waals surface area (Å²) in [4.78, 5) is 16.6. The summed E-state index contributed by atoms with van der Waals surface area (Å²) in [5.74, 6) is 0. The number of hydrogen-bond donors (Lipinski definition) is 0. The lowest BCUT2D eigenvalue weighted by atomic mass is 10.1. The lowest BCUT2D eigenvalue weighted by Gasteiger charge is -2.34. The molecule has 2 heterocycles. The third kappa shape index (κ3) is 2.77. The SMILES string of the molecule is N#Cc1cc([N+](=O)[O-])ccc1N1CCOC(c2nccs2)C1. The fourth-order valence-corrected chi connectivity index (χ4v) is 3.09. The van der Waals surface area contributed by atoms with Crippen LogP contribution in [0.25, 0.3) is 0 Å². The summed E-state index contributed by atoms with van der Waals surface area (Å²) in [6.45, 7) is 1.72. The topological polar surface area (TPSA) is 92.3 Å². The predicted molar refractivity (Wildman–Crippen MR) is 80.8 cm³/mol. The van der Waals surface area contributed by atoms with Gasteiger partial charge in [-0.3, -0.25) is 10.1 Å². The highest BCUT2D eigenvalue weighted by molar-refractivity contribution is 7.09. The first kappa shape index (κ1) is 14.4. The van der Waals surface area contributed by atoms with Crippen LogP contribution >= 0.6 is 11.3 Å². The molecule has 0 N–H and O–H groups in total. The van der Waals surface area contributed by atoms with E-state index >= 15 is 0 Å².